The van der Waals surface area contributed by atoms with Crippen LogP contribution in [0.1, 0.15) is 12.5 Å². The third-order valence-electron chi connectivity index (χ3n) is 1.54. The molecule has 60 valence electrons. The molecule has 0 aliphatic carbocycles. The maximum absolute atomic E-state index is 5.94. The van der Waals surface area contributed by atoms with Crippen molar-refractivity contribution in [3.05, 3.63) is 28.8 Å². The van der Waals surface area contributed by atoms with Gasteiger partial charge in [-0.2, -0.15) is 0 Å². The zero-order valence-electron chi connectivity index (χ0n) is 6.20. The highest BCUT2D eigenvalue weighted by atomic mass is 127. The van der Waals surface area contributed by atoms with E-state index in [1.807, 2.05) is 12.1 Å². The Balaban J connectivity index is 2.99. The summed E-state index contributed by atoms with van der Waals surface area (Å²) < 4.78 is 2.98. The molecule has 1 rings (SSSR count). The molecule has 0 aliphatic rings. The lowest BCUT2D eigenvalue weighted by molar-refractivity contribution is 1.14. The van der Waals surface area contributed by atoms with E-state index in [0.29, 0.717) is 0 Å². The second kappa shape index (κ2) is 4.16. The molecule has 0 saturated carbocycles. The third kappa shape index (κ3) is 2.24. The molecule has 0 spiro atoms. The summed E-state index contributed by atoms with van der Waals surface area (Å²) >= 11 is 8.01. The number of rotatable bonds is 2. The molecule has 0 saturated heterocycles. The number of anilines is 1. The summed E-state index contributed by atoms with van der Waals surface area (Å²) in [5, 5.41) is 0.791. The predicted molar refractivity (Wildman–Crippen MR) is 58.5 cm³/mol. The molecule has 0 fully saturated rings. The zero-order valence-corrected chi connectivity index (χ0v) is 9.11. The first kappa shape index (κ1) is 9.13. The lowest BCUT2D eigenvalue weighted by atomic mass is 10.1. The molecular weight excluding hydrogens is 272 g/mol. The van der Waals surface area contributed by atoms with Crippen LogP contribution >= 0.6 is 34.5 Å². The normalized spacial score (nSPS) is 9.73. The highest BCUT2D eigenvalue weighted by Crippen LogP contribution is 2.24. The topological polar surface area (TPSA) is 12.0 Å². The van der Waals surface area contributed by atoms with Crippen molar-refractivity contribution in [2.24, 2.45) is 0 Å². The Morgan fingerprint density at radius 3 is 2.73 bits per heavy atom. The summed E-state index contributed by atoms with van der Waals surface area (Å²) in [5.74, 6) is 0. The van der Waals surface area contributed by atoms with Crippen molar-refractivity contribution in [1.29, 1.82) is 0 Å². The fourth-order valence-corrected chi connectivity index (χ4v) is 1.74. The Morgan fingerprint density at radius 2 is 2.27 bits per heavy atom. The molecule has 1 aromatic carbocycles. The van der Waals surface area contributed by atoms with Gasteiger partial charge in [0.15, 0.2) is 0 Å². The van der Waals surface area contributed by atoms with Crippen molar-refractivity contribution in [3.8, 4) is 0 Å². The minimum Gasteiger partial charge on any atom is -0.327 e. The minimum atomic E-state index is 0.791. The molecule has 0 bridgehead atoms. The number of aryl methyl sites for hydroxylation is 1. The molecule has 0 unspecified atom stereocenters. The molecule has 0 amide bonds. The molecule has 3 heteroatoms. The van der Waals surface area contributed by atoms with Gasteiger partial charge in [0.25, 0.3) is 0 Å². The van der Waals surface area contributed by atoms with Crippen LogP contribution in [0.15, 0.2) is 18.2 Å². The van der Waals surface area contributed by atoms with Gasteiger partial charge in [-0.05, 0) is 24.1 Å². The number of nitrogens with one attached hydrogen (secondary N) is 1. The van der Waals surface area contributed by atoms with Gasteiger partial charge in [0.1, 0.15) is 0 Å². The molecule has 0 aromatic heterocycles. The highest BCUT2D eigenvalue weighted by Gasteiger charge is 1.97. The van der Waals surface area contributed by atoms with Gasteiger partial charge < -0.3 is 3.53 Å². The van der Waals surface area contributed by atoms with E-state index in [-0.39, 0.29) is 0 Å². The second-order valence-electron chi connectivity index (χ2n) is 2.26. The Labute approximate surface area is 85.6 Å². The van der Waals surface area contributed by atoms with Gasteiger partial charge in [-0.15, -0.1) is 0 Å². The number of hydrogen-bond acceptors (Lipinski definition) is 1. The maximum atomic E-state index is 5.94. The van der Waals surface area contributed by atoms with E-state index < -0.39 is 0 Å². The first-order valence-corrected chi connectivity index (χ1v) is 4.88. The number of benzene rings is 1. The fourth-order valence-electron chi connectivity index (χ4n) is 0.855. The van der Waals surface area contributed by atoms with Gasteiger partial charge in [0.2, 0.25) is 0 Å². The summed E-state index contributed by atoms with van der Waals surface area (Å²) in [4.78, 5) is 0. The van der Waals surface area contributed by atoms with Crippen molar-refractivity contribution in [1.82, 2.24) is 0 Å². The highest BCUT2D eigenvalue weighted by molar-refractivity contribution is 14.1. The van der Waals surface area contributed by atoms with E-state index in [0.717, 1.165) is 17.1 Å². The van der Waals surface area contributed by atoms with Crippen LogP contribution in [0.25, 0.3) is 0 Å². The van der Waals surface area contributed by atoms with Crippen LogP contribution in [-0.4, -0.2) is 0 Å². The van der Waals surface area contributed by atoms with Crippen molar-refractivity contribution in [2.45, 2.75) is 13.3 Å². The van der Waals surface area contributed by atoms with Crippen molar-refractivity contribution in [3.63, 3.8) is 0 Å². The van der Waals surface area contributed by atoms with Gasteiger partial charge >= 0.3 is 0 Å². The van der Waals surface area contributed by atoms with Gasteiger partial charge in [-0.1, -0.05) is 24.6 Å². The lowest BCUT2D eigenvalue weighted by Gasteiger charge is -2.02. The van der Waals surface area contributed by atoms with Gasteiger partial charge in [0.05, 0.1) is 33.6 Å². The molecule has 1 N–H and O–H groups in total. The molecule has 1 aromatic rings. The Kier molecular flexibility index (Phi) is 3.45. The van der Waals surface area contributed by atoms with E-state index in [9.17, 15) is 0 Å². The van der Waals surface area contributed by atoms with E-state index >= 15 is 0 Å². The molecule has 0 radical (unpaired) electrons. The van der Waals surface area contributed by atoms with E-state index in [2.05, 4.69) is 39.4 Å². The summed E-state index contributed by atoms with van der Waals surface area (Å²) in [6.07, 6.45) is 1.03. The largest absolute Gasteiger partial charge is 0.327 e. The van der Waals surface area contributed by atoms with Crippen molar-refractivity contribution >= 4 is 40.2 Å². The Morgan fingerprint density at radius 1 is 1.55 bits per heavy atom. The number of halogens is 2. The molecule has 11 heavy (non-hydrogen) atoms. The maximum Gasteiger partial charge on any atom is 0.0647 e. The number of hydrogen-bond donors (Lipinski definition) is 1. The van der Waals surface area contributed by atoms with Crippen molar-refractivity contribution in [2.75, 3.05) is 3.53 Å². The minimum absolute atomic E-state index is 0.791. The van der Waals surface area contributed by atoms with Gasteiger partial charge in [0, 0.05) is 0 Å². The summed E-state index contributed by atoms with van der Waals surface area (Å²) in [6, 6.07) is 6.06. The standard InChI is InChI=1S/C8H9ClIN/c1-2-6-3-4-8(11-10)7(9)5-6/h3-5,11H,2H2,1H3. The monoisotopic (exact) mass is 281 g/mol. The summed E-state index contributed by atoms with van der Waals surface area (Å²) in [6.45, 7) is 2.11. The smallest absolute Gasteiger partial charge is 0.0647 e. The van der Waals surface area contributed by atoms with E-state index in [1.54, 1.807) is 0 Å². The first-order chi connectivity index (χ1) is 5.27. The Bertz CT molecular complexity index is 250. The predicted octanol–water partition coefficient (Wildman–Crippen LogP) is 3.66. The van der Waals surface area contributed by atoms with Gasteiger partial charge in [-0.25, -0.2) is 0 Å². The van der Waals surface area contributed by atoms with Crippen LogP contribution in [0, 0.1) is 0 Å². The van der Waals surface area contributed by atoms with E-state index in [4.69, 9.17) is 11.6 Å². The van der Waals surface area contributed by atoms with Crippen LogP contribution in [0.5, 0.6) is 0 Å². The van der Waals surface area contributed by atoms with E-state index in [1.165, 1.54) is 5.56 Å². The van der Waals surface area contributed by atoms with Crippen molar-refractivity contribution < 1.29 is 0 Å². The lowest BCUT2D eigenvalue weighted by Crippen LogP contribution is -1.84. The second-order valence-corrected chi connectivity index (χ2v) is 3.21. The van der Waals surface area contributed by atoms with Crippen LogP contribution < -0.4 is 3.53 Å². The average Bonchev–Trinajstić information content (AvgIpc) is 2.04. The quantitative estimate of drug-likeness (QED) is 0.644. The molecule has 0 aliphatic heterocycles. The SMILES string of the molecule is CCc1ccc(NI)c(Cl)c1. The molecule has 0 atom stereocenters. The van der Waals surface area contributed by atoms with Crippen LogP contribution in [0.2, 0.25) is 5.02 Å². The summed E-state index contributed by atoms with van der Waals surface area (Å²) in [5.41, 5.74) is 2.25. The summed E-state index contributed by atoms with van der Waals surface area (Å²) in [7, 11) is 0. The fraction of sp³-hybridized carbons (Fsp3) is 0.250. The average molecular weight is 282 g/mol. The molecule has 1 nitrogen and oxygen atoms in total. The van der Waals surface area contributed by atoms with Gasteiger partial charge in [-0.3, -0.25) is 0 Å². The van der Waals surface area contributed by atoms with Crippen LogP contribution in [0.4, 0.5) is 5.69 Å². The Hall–Kier alpha value is 0.0400. The molecule has 0 heterocycles. The first-order valence-electron chi connectivity index (χ1n) is 3.43. The van der Waals surface area contributed by atoms with Crippen LogP contribution in [0.3, 0.4) is 0 Å². The zero-order chi connectivity index (χ0) is 8.27. The third-order valence-corrected chi connectivity index (χ3v) is 2.44. The molecular formula is C8H9ClIN. The van der Waals surface area contributed by atoms with Crippen LogP contribution in [-0.2, 0) is 6.42 Å².